The molecule has 0 aliphatic rings. The van der Waals surface area contributed by atoms with Gasteiger partial charge >= 0.3 is 8.80 Å². The largest absolute Gasteiger partial charge is 0.501 e. The van der Waals surface area contributed by atoms with Crippen LogP contribution in [0.4, 0.5) is 5.69 Å². The minimum absolute atomic E-state index is 0.571. The first-order valence-electron chi connectivity index (χ1n) is 7.28. The number of isocyanates is 1. The molecule has 21 heavy (non-hydrogen) atoms. The van der Waals surface area contributed by atoms with Gasteiger partial charge in [0.1, 0.15) is 0 Å². The molecule has 1 aromatic rings. The second-order valence-corrected chi connectivity index (χ2v) is 7.09. The molecular formula is C15H23NO4Si. The average Bonchev–Trinajstić information content (AvgIpc) is 2.47. The van der Waals surface area contributed by atoms with Crippen molar-refractivity contribution in [3.05, 3.63) is 29.8 Å². The molecule has 0 radical (unpaired) electrons. The summed E-state index contributed by atoms with van der Waals surface area (Å²) in [6.07, 6.45) is 2.31. The highest BCUT2D eigenvalue weighted by Gasteiger charge is 2.39. The molecule has 0 aliphatic carbocycles. The predicted molar refractivity (Wildman–Crippen MR) is 83.4 cm³/mol. The van der Waals surface area contributed by atoms with Crippen LogP contribution in [-0.2, 0) is 24.5 Å². The lowest BCUT2D eigenvalue weighted by Crippen LogP contribution is -2.46. The highest BCUT2D eigenvalue weighted by molar-refractivity contribution is 6.60. The molecule has 6 heteroatoms. The summed E-state index contributed by atoms with van der Waals surface area (Å²) >= 11 is 0. The summed E-state index contributed by atoms with van der Waals surface area (Å²) in [4.78, 5) is 13.9. The normalized spacial score (nSPS) is 11.2. The molecule has 0 fully saturated rings. The fraction of sp³-hybridized carbons (Fsp3) is 0.533. The van der Waals surface area contributed by atoms with Gasteiger partial charge in [-0.25, -0.2) is 4.79 Å². The molecule has 0 spiro atoms. The van der Waals surface area contributed by atoms with Crippen LogP contribution >= 0.6 is 0 Å². The number of aliphatic imine (C=N–C) groups is 1. The van der Waals surface area contributed by atoms with Crippen molar-refractivity contribution in [2.24, 2.45) is 4.99 Å². The summed E-state index contributed by atoms with van der Waals surface area (Å²) in [6.45, 7) is 7.54. The quantitative estimate of drug-likeness (QED) is 0.378. The van der Waals surface area contributed by atoms with E-state index in [0.717, 1.165) is 12.0 Å². The van der Waals surface area contributed by atoms with Gasteiger partial charge in [-0.3, -0.25) is 0 Å². The Morgan fingerprint density at radius 3 is 2.24 bits per heavy atom. The number of aryl methyl sites for hydroxylation is 1. The number of benzene rings is 1. The molecule has 0 atom stereocenters. The molecule has 1 rings (SSSR count). The van der Waals surface area contributed by atoms with Gasteiger partial charge < -0.3 is 13.3 Å². The van der Waals surface area contributed by atoms with E-state index in [0.29, 0.717) is 31.6 Å². The second kappa shape index (κ2) is 9.60. The Kier molecular flexibility index (Phi) is 8.11. The smallest absolute Gasteiger partial charge is 0.374 e. The van der Waals surface area contributed by atoms with Gasteiger partial charge in [-0.2, -0.15) is 4.99 Å². The van der Waals surface area contributed by atoms with Gasteiger partial charge in [0.05, 0.1) is 5.69 Å². The summed E-state index contributed by atoms with van der Waals surface area (Å²) < 4.78 is 17.5. The van der Waals surface area contributed by atoms with Crippen molar-refractivity contribution in [1.82, 2.24) is 0 Å². The van der Waals surface area contributed by atoms with E-state index in [4.69, 9.17) is 13.3 Å². The zero-order chi connectivity index (χ0) is 15.6. The zero-order valence-corrected chi connectivity index (χ0v) is 13.9. The lowest BCUT2D eigenvalue weighted by molar-refractivity contribution is 0.0714. The predicted octanol–water partition coefficient (Wildman–Crippen LogP) is 3.24. The van der Waals surface area contributed by atoms with Gasteiger partial charge in [-0.1, -0.05) is 12.1 Å². The molecule has 0 amide bonds. The van der Waals surface area contributed by atoms with Crippen molar-refractivity contribution in [3.63, 3.8) is 0 Å². The molecule has 0 aromatic heterocycles. The maximum absolute atomic E-state index is 10.3. The van der Waals surface area contributed by atoms with E-state index < -0.39 is 8.80 Å². The molecule has 0 saturated carbocycles. The van der Waals surface area contributed by atoms with Crippen molar-refractivity contribution >= 4 is 20.6 Å². The van der Waals surface area contributed by atoms with Crippen molar-refractivity contribution < 1.29 is 18.1 Å². The average molecular weight is 309 g/mol. The van der Waals surface area contributed by atoms with E-state index in [9.17, 15) is 4.79 Å². The van der Waals surface area contributed by atoms with Crippen LogP contribution in [0.2, 0.25) is 6.04 Å². The van der Waals surface area contributed by atoms with Crippen LogP contribution in [0.3, 0.4) is 0 Å². The first-order chi connectivity index (χ1) is 10.2. The number of hydrogen-bond acceptors (Lipinski definition) is 5. The van der Waals surface area contributed by atoms with Crippen molar-refractivity contribution in [3.8, 4) is 0 Å². The summed E-state index contributed by atoms with van der Waals surface area (Å²) in [7, 11) is -2.62. The van der Waals surface area contributed by atoms with E-state index in [1.54, 1.807) is 12.1 Å². The Bertz CT molecular complexity index is 457. The third-order valence-corrected chi connectivity index (χ3v) is 5.95. The highest BCUT2D eigenvalue weighted by atomic mass is 28.4. The summed E-state index contributed by atoms with van der Waals surface area (Å²) in [5.41, 5.74) is 1.68. The van der Waals surface area contributed by atoms with Crippen LogP contribution in [0.1, 0.15) is 26.3 Å². The van der Waals surface area contributed by atoms with Crippen molar-refractivity contribution in [1.29, 1.82) is 0 Å². The fourth-order valence-electron chi connectivity index (χ4n) is 2.13. The summed E-state index contributed by atoms with van der Waals surface area (Å²) in [5.74, 6) is 0. The van der Waals surface area contributed by atoms with Crippen LogP contribution in [0, 0.1) is 0 Å². The Labute approximate surface area is 127 Å². The number of nitrogens with zero attached hydrogens (tertiary/aromatic N) is 1. The minimum atomic E-state index is -2.62. The van der Waals surface area contributed by atoms with Gasteiger partial charge in [0.15, 0.2) is 0 Å². The zero-order valence-electron chi connectivity index (χ0n) is 12.9. The van der Waals surface area contributed by atoms with Crippen LogP contribution in [0.15, 0.2) is 29.3 Å². The number of rotatable bonds is 10. The van der Waals surface area contributed by atoms with Gasteiger partial charge in [0.2, 0.25) is 6.08 Å². The lowest BCUT2D eigenvalue weighted by atomic mass is 10.1. The maximum atomic E-state index is 10.3. The van der Waals surface area contributed by atoms with E-state index >= 15 is 0 Å². The van der Waals surface area contributed by atoms with Crippen LogP contribution in [0.5, 0.6) is 0 Å². The maximum Gasteiger partial charge on any atom is 0.501 e. The van der Waals surface area contributed by atoms with Crippen LogP contribution in [-0.4, -0.2) is 34.7 Å². The van der Waals surface area contributed by atoms with Gasteiger partial charge in [0.25, 0.3) is 0 Å². The minimum Gasteiger partial charge on any atom is -0.374 e. The lowest BCUT2D eigenvalue weighted by Gasteiger charge is -2.28. The standard InChI is InChI=1S/C15H23NO4Si/c1-4-18-21(19-5-2,20-6-3)11-10-14-8-7-9-15(12-14)16-13-17/h7-9,12H,4-6,10-11H2,1-3H3. The highest BCUT2D eigenvalue weighted by Crippen LogP contribution is 2.21. The van der Waals surface area contributed by atoms with Gasteiger partial charge in [-0.15, -0.1) is 0 Å². The topological polar surface area (TPSA) is 57.1 Å². The van der Waals surface area contributed by atoms with Crippen LogP contribution < -0.4 is 0 Å². The van der Waals surface area contributed by atoms with E-state index in [1.807, 2.05) is 39.0 Å². The first-order valence-corrected chi connectivity index (χ1v) is 9.21. The third kappa shape index (κ3) is 5.91. The Hall–Kier alpha value is -1.30. The number of carbonyl (C=O) groups excluding carboxylic acids is 1. The van der Waals surface area contributed by atoms with E-state index in [-0.39, 0.29) is 0 Å². The molecule has 1 aromatic carbocycles. The molecule has 0 saturated heterocycles. The van der Waals surface area contributed by atoms with E-state index in [1.165, 1.54) is 0 Å². The molecule has 0 heterocycles. The van der Waals surface area contributed by atoms with Gasteiger partial charge in [-0.05, 0) is 44.9 Å². The number of hydrogen-bond donors (Lipinski definition) is 0. The molecular weight excluding hydrogens is 286 g/mol. The fourth-order valence-corrected chi connectivity index (χ4v) is 4.73. The third-order valence-electron chi connectivity index (χ3n) is 2.90. The molecule has 0 unspecified atom stereocenters. The molecule has 0 aliphatic heterocycles. The van der Waals surface area contributed by atoms with Crippen molar-refractivity contribution in [2.75, 3.05) is 19.8 Å². The Morgan fingerprint density at radius 2 is 1.71 bits per heavy atom. The second-order valence-electron chi connectivity index (χ2n) is 4.36. The molecule has 5 nitrogen and oxygen atoms in total. The molecule has 0 N–H and O–H groups in total. The van der Waals surface area contributed by atoms with Crippen LogP contribution in [0.25, 0.3) is 0 Å². The Morgan fingerprint density at radius 1 is 1.10 bits per heavy atom. The van der Waals surface area contributed by atoms with Crippen molar-refractivity contribution in [2.45, 2.75) is 33.2 Å². The summed E-state index contributed by atoms with van der Waals surface area (Å²) in [5, 5.41) is 0. The van der Waals surface area contributed by atoms with E-state index in [2.05, 4.69) is 4.99 Å². The Balaban J connectivity index is 2.79. The molecule has 0 bridgehead atoms. The SMILES string of the molecule is CCO[Si](CCc1cccc(N=C=O)c1)(OCC)OCC. The monoisotopic (exact) mass is 309 g/mol. The first kappa shape index (κ1) is 17.7. The molecule has 116 valence electrons. The summed E-state index contributed by atoms with van der Waals surface area (Å²) in [6, 6.07) is 8.21. The van der Waals surface area contributed by atoms with Gasteiger partial charge in [0, 0.05) is 25.9 Å².